The van der Waals surface area contributed by atoms with Gasteiger partial charge in [0.2, 0.25) is 0 Å². The Hall–Kier alpha value is -0.440. The van der Waals surface area contributed by atoms with E-state index in [2.05, 4.69) is 5.32 Å². The standard InChI is InChI=1S/C9H11Cl2NO/c1-2-12-5-6-3-7(10)8(11)4-9(6)13/h3-4,12-13H,2,5H2,1H3. The number of hydrogen-bond acceptors (Lipinski definition) is 2. The predicted octanol–water partition coefficient (Wildman–Crippen LogP) is 2.81. The first kappa shape index (κ1) is 10.6. The molecule has 1 rings (SSSR count). The van der Waals surface area contributed by atoms with E-state index in [0.29, 0.717) is 16.6 Å². The van der Waals surface area contributed by atoms with Crippen LogP contribution >= 0.6 is 23.2 Å². The Morgan fingerprint density at radius 1 is 1.31 bits per heavy atom. The molecule has 0 radical (unpaired) electrons. The van der Waals surface area contributed by atoms with Gasteiger partial charge in [0.25, 0.3) is 0 Å². The van der Waals surface area contributed by atoms with Crippen molar-refractivity contribution in [3.05, 3.63) is 27.7 Å². The number of hydrogen-bond donors (Lipinski definition) is 2. The fourth-order valence-electron chi connectivity index (χ4n) is 0.979. The first-order chi connectivity index (χ1) is 6.15. The van der Waals surface area contributed by atoms with Gasteiger partial charge in [-0.05, 0) is 12.6 Å². The summed E-state index contributed by atoms with van der Waals surface area (Å²) in [5.41, 5.74) is 0.760. The summed E-state index contributed by atoms with van der Waals surface area (Å²) in [6.07, 6.45) is 0. The summed E-state index contributed by atoms with van der Waals surface area (Å²) in [6, 6.07) is 3.12. The smallest absolute Gasteiger partial charge is 0.121 e. The van der Waals surface area contributed by atoms with E-state index in [9.17, 15) is 5.11 Å². The maximum Gasteiger partial charge on any atom is 0.121 e. The van der Waals surface area contributed by atoms with Gasteiger partial charge in [0.15, 0.2) is 0 Å². The van der Waals surface area contributed by atoms with E-state index >= 15 is 0 Å². The summed E-state index contributed by atoms with van der Waals surface area (Å²) in [6.45, 7) is 3.44. The van der Waals surface area contributed by atoms with Crippen molar-refractivity contribution in [2.75, 3.05) is 6.54 Å². The molecular weight excluding hydrogens is 209 g/mol. The maximum absolute atomic E-state index is 9.46. The van der Waals surface area contributed by atoms with Gasteiger partial charge in [-0.2, -0.15) is 0 Å². The van der Waals surface area contributed by atoms with Crippen molar-refractivity contribution in [3.8, 4) is 5.75 Å². The molecular formula is C9H11Cl2NO. The molecule has 0 aromatic heterocycles. The Balaban J connectivity index is 2.88. The quantitative estimate of drug-likeness (QED) is 0.820. The van der Waals surface area contributed by atoms with Crippen LogP contribution in [0.3, 0.4) is 0 Å². The molecule has 2 N–H and O–H groups in total. The van der Waals surface area contributed by atoms with Gasteiger partial charge in [-0.25, -0.2) is 0 Å². The first-order valence-electron chi connectivity index (χ1n) is 4.02. The average Bonchev–Trinajstić information content (AvgIpc) is 2.09. The van der Waals surface area contributed by atoms with Crippen molar-refractivity contribution in [3.63, 3.8) is 0 Å². The van der Waals surface area contributed by atoms with Crippen LogP contribution in [0, 0.1) is 0 Å². The second-order valence-corrected chi connectivity index (χ2v) is 3.49. The van der Waals surface area contributed by atoms with Gasteiger partial charge in [0.1, 0.15) is 5.75 Å². The van der Waals surface area contributed by atoms with Gasteiger partial charge in [0, 0.05) is 18.2 Å². The maximum atomic E-state index is 9.46. The Morgan fingerprint density at radius 2 is 1.92 bits per heavy atom. The van der Waals surface area contributed by atoms with Crippen LogP contribution in [0.1, 0.15) is 12.5 Å². The summed E-state index contributed by atoms with van der Waals surface area (Å²) >= 11 is 11.5. The zero-order chi connectivity index (χ0) is 9.84. The molecule has 0 bridgehead atoms. The van der Waals surface area contributed by atoms with Crippen LogP contribution in [0.5, 0.6) is 5.75 Å². The predicted molar refractivity (Wildman–Crippen MR) is 55.5 cm³/mol. The highest BCUT2D eigenvalue weighted by Gasteiger charge is 2.05. The van der Waals surface area contributed by atoms with Gasteiger partial charge in [0.05, 0.1) is 10.0 Å². The third-order valence-corrected chi connectivity index (χ3v) is 2.41. The second kappa shape index (κ2) is 4.70. The van der Waals surface area contributed by atoms with Crippen molar-refractivity contribution in [2.24, 2.45) is 0 Å². The van der Waals surface area contributed by atoms with Gasteiger partial charge < -0.3 is 10.4 Å². The minimum absolute atomic E-state index is 0.176. The minimum atomic E-state index is 0.176. The van der Waals surface area contributed by atoms with E-state index < -0.39 is 0 Å². The molecule has 0 aliphatic heterocycles. The number of aromatic hydroxyl groups is 1. The molecule has 1 aromatic carbocycles. The monoisotopic (exact) mass is 219 g/mol. The Bertz CT molecular complexity index is 302. The van der Waals surface area contributed by atoms with Gasteiger partial charge in [-0.3, -0.25) is 0 Å². The Morgan fingerprint density at radius 3 is 2.54 bits per heavy atom. The summed E-state index contributed by atoms with van der Waals surface area (Å²) in [7, 11) is 0. The largest absolute Gasteiger partial charge is 0.508 e. The minimum Gasteiger partial charge on any atom is -0.508 e. The van der Waals surface area contributed by atoms with Crippen molar-refractivity contribution >= 4 is 23.2 Å². The van der Waals surface area contributed by atoms with Gasteiger partial charge in [-0.15, -0.1) is 0 Å². The zero-order valence-electron chi connectivity index (χ0n) is 7.27. The Kier molecular flexibility index (Phi) is 3.85. The lowest BCUT2D eigenvalue weighted by molar-refractivity contribution is 0.465. The summed E-state index contributed by atoms with van der Waals surface area (Å²) in [5, 5.41) is 13.4. The van der Waals surface area contributed by atoms with Crippen LogP contribution < -0.4 is 5.32 Å². The number of halogens is 2. The summed E-state index contributed by atoms with van der Waals surface area (Å²) in [4.78, 5) is 0. The fourth-order valence-corrected chi connectivity index (χ4v) is 1.32. The van der Waals surface area contributed by atoms with Crippen molar-refractivity contribution in [2.45, 2.75) is 13.5 Å². The lowest BCUT2D eigenvalue weighted by atomic mass is 10.2. The van der Waals surface area contributed by atoms with Crippen LogP contribution in [0.4, 0.5) is 0 Å². The molecule has 0 aliphatic carbocycles. The van der Waals surface area contributed by atoms with E-state index in [1.54, 1.807) is 6.07 Å². The van der Waals surface area contributed by atoms with Crippen LogP contribution in [0.2, 0.25) is 10.0 Å². The molecule has 0 atom stereocenters. The second-order valence-electron chi connectivity index (χ2n) is 2.68. The molecule has 4 heteroatoms. The highest BCUT2D eigenvalue weighted by atomic mass is 35.5. The van der Waals surface area contributed by atoms with Crippen molar-refractivity contribution in [1.29, 1.82) is 0 Å². The topological polar surface area (TPSA) is 32.3 Å². The SMILES string of the molecule is CCNCc1cc(Cl)c(Cl)cc1O. The van der Waals surface area contributed by atoms with Crippen LogP contribution in [-0.2, 0) is 6.54 Å². The number of benzene rings is 1. The molecule has 0 aliphatic rings. The molecule has 0 fully saturated rings. The third-order valence-electron chi connectivity index (χ3n) is 1.69. The fraction of sp³-hybridized carbons (Fsp3) is 0.333. The van der Waals surface area contributed by atoms with E-state index in [4.69, 9.17) is 23.2 Å². The van der Waals surface area contributed by atoms with Crippen molar-refractivity contribution < 1.29 is 5.11 Å². The van der Waals surface area contributed by atoms with Gasteiger partial charge in [-0.1, -0.05) is 30.1 Å². The zero-order valence-corrected chi connectivity index (χ0v) is 8.78. The van der Waals surface area contributed by atoms with Crippen LogP contribution in [-0.4, -0.2) is 11.7 Å². The lowest BCUT2D eigenvalue weighted by Gasteiger charge is -2.06. The Labute approximate surface area is 87.5 Å². The molecule has 0 amide bonds. The van der Waals surface area contributed by atoms with E-state index in [1.807, 2.05) is 6.92 Å². The molecule has 0 unspecified atom stereocenters. The van der Waals surface area contributed by atoms with Gasteiger partial charge >= 0.3 is 0 Å². The molecule has 0 saturated carbocycles. The third kappa shape index (κ3) is 2.76. The van der Waals surface area contributed by atoms with E-state index in [0.717, 1.165) is 12.1 Å². The van der Waals surface area contributed by atoms with E-state index in [-0.39, 0.29) is 5.75 Å². The van der Waals surface area contributed by atoms with E-state index in [1.165, 1.54) is 6.07 Å². The highest BCUT2D eigenvalue weighted by Crippen LogP contribution is 2.29. The average molecular weight is 220 g/mol. The molecule has 0 heterocycles. The summed E-state index contributed by atoms with van der Waals surface area (Å²) < 4.78 is 0. The number of rotatable bonds is 3. The number of phenolic OH excluding ortho intramolecular Hbond substituents is 1. The van der Waals surface area contributed by atoms with Crippen LogP contribution in [0.25, 0.3) is 0 Å². The first-order valence-corrected chi connectivity index (χ1v) is 4.78. The number of nitrogens with one attached hydrogen (secondary N) is 1. The molecule has 2 nitrogen and oxygen atoms in total. The highest BCUT2D eigenvalue weighted by molar-refractivity contribution is 6.42. The normalized spacial score (nSPS) is 10.4. The van der Waals surface area contributed by atoms with Crippen LogP contribution in [0.15, 0.2) is 12.1 Å². The molecule has 0 spiro atoms. The molecule has 1 aromatic rings. The lowest BCUT2D eigenvalue weighted by Crippen LogP contribution is -2.11. The van der Waals surface area contributed by atoms with Crippen molar-refractivity contribution in [1.82, 2.24) is 5.32 Å². The molecule has 0 saturated heterocycles. The number of phenols is 1. The molecule has 13 heavy (non-hydrogen) atoms. The molecule has 72 valence electrons. The summed E-state index contributed by atoms with van der Waals surface area (Å²) in [5.74, 6) is 0.176.